The molecule has 580 valence electrons. The van der Waals surface area contributed by atoms with Crippen molar-refractivity contribution in [1.82, 2.24) is 63.8 Å². The molecule has 105 heavy (non-hydrogen) atoms. The Hall–Kier alpha value is -13.8. The van der Waals surface area contributed by atoms with E-state index >= 15 is 0 Å². The molecule has 0 unspecified atom stereocenters. The van der Waals surface area contributed by atoms with E-state index in [-0.39, 0.29) is 0 Å². The Morgan fingerprint density at radius 2 is 0.257 bits per heavy atom. The number of carboxylic acids is 14. The summed E-state index contributed by atoms with van der Waals surface area (Å²) in [6, 6.07) is -32.4. The van der Waals surface area contributed by atoms with Crippen LogP contribution in [-0.2, 0) is 125 Å². The number of hydrogen-bond donors (Lipinski definition) is 27. The molecule has 0 aliphatic carbocycles. The summed E-state index contributed by atoms with van der Waals surface area (Å²) in [6.07, 6.45) is -19.8. The van der Waals surface area contributed by atoms with Gasteiger partial charge in [-0.05, 0) is 0 Å². The highest BCUT2D eigenvalue weighted by molar-refractivity contribution is 6.04. The first-order chi connectivity index (χ1) is 48.4. The average Bonchev–Trinajstić information content (AvgIpc) is 0.859. The van der Waals surface area contributed by atoms with Crippen molar-refractivity contribution in [2.24, 2.45) is 5.73 Å². The highest BCUT2D eigenvalue weighted by Gasteiger charge is 2.41. The monoisotopic (exact) mass is 1510 g/mol. The summed E-state index contributed by atoms with van der Waals surface area (Å²) >= 11 is 0. The maximum absolute atomic E-state index is 13.7. The van der Waals surface area contributed by atoms with Gasteiger partial charge in [-0.2, -0.15) is 0 Å². The molecule has 13 atom stereocenters. The summed E-state index contributed by atoms with van der Waals surface area (Å²) in [5.74, 6) is -49.8. The van der Waals surface area contributed by atoms with Crippen molar-refractivity contribution in [3.63, 3.8) is 0 Å². The zero-order chi connectivity index (χ0) is 81.2. The summed E-state index contributed by atoms with van der Waals surface area (Å²) in [5, 5.41) is 152. The Balaban J connectivity index is 7.15. The highest BCUT2D eigenvalue weighted by Crippen LogP contribution is 2.10. The lowest BCUT2D eigenvalue weighted by atomic mass is 10.1. The van der Waals surface area contributed by atoms with Crippen LogP contribution in [0.15, 0.2) is 0 Å². The van der Waals surface area contributed by atoms with E-state index in [0.717, 1.165) is 0 Å². The Morgan fingerprint density at radius 1 is 0.162 bits per heavy atom. The molecule has 0 aromatic carbocycles. The quantitative estimate of drug-likeness (QED) is 0.0269. The Kier molecular flexibility index (Phi) is 37.9. The lowest BCUT2D eigenvalue weighted by Gasteiger charge is -2.27. The van der Waals surface area contributed by atoms with Crippen molar-refractivity contribution in [3.8, 4) is 0 Å². The molecule has 0 radical (unpaired) electrons. The number of nitrogens with two attached hydrogens (primary N) is 1. The summed E-state index contributed by atoms with van der Waals surface area (Å²) < 4.78 is 0. The fourth-order valence-corrected chi connectivity index (χ4v) is 8.15. The first kappa shape index (κ1) is 91.2. The second-order valence-electron chi connectivity index (χ2n) is 21.5. The molecule has 0 aliphatic rings. The molecule has 0 aromatic rings. The fraction of sp³-hybridized carbons (Fsp3) is 0.500. The molecule has 0 aliphatic heterocycles. The molecule has 0 spiro atoms. The number of carboxylic acid groups (broad SMARTS) is 14. The molecule has 53 nitrogen and oxygen atoms in total. The van der Waals surface area contributed by atoms with Crippen molar-refractivity contribution in [2.45, 2.75) is 162 Å². The first-order valence-electron chi connectivity index (χ1n) is 28.9. The third-order valence-corrected chi connectivity index (χ3v) is 12.9. The third kappa shape index (κ3) is 36.7. The molecule has 0 saturated heterocycles. The van der Waals surface area contributed by atoms with E-state index in [2.05, 4.69) is 0 Å². The van der Waals surface area contributed by atoms with Crippen LogP contribution in [0.3, 0.4) is 0 Å². The SMILES string of the molecule is N[C@@H](CC(=O)O)C(=O)N[C@@H](CC(=O)O)C(=O)N[C@@H](CC(=O)O)C(=O)N[C@@H](CC(=O)O)C(=O)N[C@@H](CC(=O)O)C(=O)N[C@@H](CC(=O)O)C(=O)N[C@@H](CC(=O)O)C(=O)N[C@@H](CC(=O)O)C(=O)N[C@@H](CC(=O)O)C(=O)N[C@@H](CC(=O)O)C(=O)N[C@@H](CC(=O)O)C(=O)N[C@@H](CC(=O)O)C(=O)N[C@@H](CC(=O)O)C(=O)O. The number of carbonyl (C=O) groups excluding carboxylic acids is 12. The molecule has 0 bridgehead atoms. The minimum atomic E-state index is -2.69. The maximum atomic E-state index is 13.7. The normalized spacial score (nSPS) is 14.3. The number of rotatable bonds is 51. The van der Waals surface area contributed by atoms with Gasteiger partial charge in [-0.15, -0.1) is 0 Å². The molecule has 53 heteroatoms. The second-order valence-corrected chi connectivity index (χ2v) is 21.5. The van der Waals surface area contributed by atoms with Crippen LogP contribution >= 0.6 is 0 Å². The minimum absolute atomic E-state index is 1.08. The van der Waals surface area contributed by atoms with Crippen LogP contribution in [0.2, 0.25) is 0 Å². The van der Waals surface area contributed by atoms with Crippen molar-refractivity contribution >= 4 is 154 Å². The van der Waals surface area contributed by atoms with Crippen LogP contribution in [0.4, 0.5) is 0 Å². The van der Waals surface area contributed by atoms with Crippen molar-refractivity contribution < 1.29 is 196 Å². The Labute approximate surface area is 581 Å². The summed E-state index contributed by atoms with van der Waals surface area (Å²) in [6.45, 7) is 0. The molecule has 0 saturated carbocycles. The predicted molar refractivity (Wildman–Crippen MR) is 318 cm³/mol. The van der Waals surface area contributed by atoms with Crippen molar-refractivity contribution in [3.05, 3.63) is 0 Å². The van der Waals surface area contributed by atoms with Gasteiger partial charge in [0.25, 0.3) is 0 Å². The Bertz CT molecular complexity index is 3470. The van der Waals surface area contributed by atoms with Crippen LogP contribution in [0, 0.1) is 0 Å². The number of amides is 12. The van der Waals surface area contributed by atoms with Gasteiger partial charge < -0.3 is 141 Å². The van der Waals surface area contributed by atoms with E-state index in [0.29, 0.717) is 0 Å². The van der Waals surface area contributed by atoms with Crippen LogP contribution in [-0.4, -0.2) is 304 Å². The molecule has 0 aromatic heterocycles. The molecule has 0 rings (SSSR count). The number of nitrogens with one attached hydrogen (secondary N) is 12. The first-order valence-corrected chi connectivity index (χ1v) is 28.9. The van der Waals surface area contributed by atoms with Gasteiger partial charge in [0.1, 0.15) is 72.5 Å². The molecule has 12 amide bonds. The van der Waals surface area contributed by atoms with Gasteiger partial charge in [0.15, 0.2) is 0 Å². The summed E-state index contributed by atoms with van der Waals surface area (Å²) in [7, 11) is 0. The van der Waals surface area contributed by atoms with Crippen LogP contribution in [0.1, 0.15) is 83.5 Å². The number of aliphatic carboxylic acids is 14. The van der Waals surface area contributed by atoms with E-state index in [4.69, 9.17) is 15.9 Å². The molecular formula is C52H67N13O40. The van der Waals surface area contributed by atoms with Crippen LogP contribution in [0.25, 0.3) is 0 Å². The third-order valence-electron chi connectivity index (χ3n) is 12.9. The zero-order valence-electron chi connectivity index (χ0n) is 53.2. The molecule has 0 fully saturated rings. The van der Waals surface area contributed by atoms with Gasteiger partial charge in [-0.3, -0.25) is 120 Å². The van der Waals surface area contributed by atoms with E-state index in [9.17, 15) is 186 Å². The predicted octanol–water partition coefficient (Wildman–Crippen LogP) is -13.6. The van der Waals surface area contributed by atoms with Gasteiger partial charge in [0.05, 0.1) is 89.5 Å². The molecular weight excluding hydrogens is 1450 g/mol. The van der Waals surface area contributed by atoms with Gasteiger partial charge in [0, 0.05) is 0 Å². The van der Waals surface area contributed by atoms with Crippen molar-refractivity contribution in [1.29, 1.82) is 0 Å². The van der Waals surface area contributed by atoms with E-state index in [1.807, 2.05) is 0 Å². The molecule has 28 N–H and O–H groups in total. The van der Waals surface area contributed by atoms with Crippen molar-refractivity contribution in [2.75, 3.05) is 0 Å². The van der Waals surface area contributed by atoms with E-state index < -0.39 is 316 Å². The smallest absolute Gasteiger partial charge is 0.326 e. The maximum Gasteiger partial charge on any atom is 0.326 e. The minimum Gasteiger partial charge on any atom is -0.481 e. The lowest BCUT2D eigenvalue weighted by molar-refractivity contribution is -0.148. The van der Waals surface area contributed by atoms with E-state index in [1.165, 1.54) is 0 Å². The summed E-state index contributed by atoms with van der Waals surface area (Å²) in [4.78, 5) is 325. The lowest BCUT2D eigenvalue weighted by Crippen LogP contribution is -2.61. The Morgan fingerprint density at radius 3 is 0.362 bits per heavy atom. The highest BCUT2D eigenvalue weighted by atomic mass is 16.4. The van der Waals surface area contributed by atoms with Crippen LogP contribution in [0.5, 0.6) is 0 Å². The number of hydrogen-bond acceptors (Lipinski definition) is 27. The largest absolute Gasteiger partial charge is 0.481 e. The van der Waals surface area contributed by atoms with Gasteiger partial charge in [0.2, 0.25) is 70.9 Å². The van der Waals surface area contributed by atoms with Gasteiger partial charge in [-0.25, -0.2) is 4.79 Å². The average molecular weight is 1510 g/mol. The van der Waals surface area contributed by atoms with E-state index in [1.54, 1.807) is 63.8 Å². The zero-order valence-corrected chi connectivity index (χ0v) is 53.2. The topological polar surface area (TPSA) is 897 Å². The fourth-order valence-electron chi connectivity index (χ4n) is 8.15. The second kappa shape index (κ2) is 43.7. The van der Waals surface area contributed by atoms with Gasteiger partial charge >= 0.3 is 83.6 Å². The van der Waals surface area contributed by atoms with Crippen LogP contribution < -0.4 is 69.5 Å². The van der Waals surface area contributed by atoms with Gasteiger partial charge in [-0.1, -0.05) is 0 Å². The summed E-state index contributed by atoms with van der Waals surface area (Å²) in [5.41, 5.74) is 5.41. The number of carbonyl (C=O) groups is 26. The molecule has 0 heterocycles. The standard InChI is InChI=1S/C52H67N13O40/c53-14(1-27(66)67)40(92)54-15(2-28(68)69)41(93)55-16(3-29(70)71)42(94)56-17(4-30(72)73)43(95)57-18(5-31(74)75)44(96)58-19(6-32(76)77)45(97)59-20(7-33(78)79)46(98)60-21(8-34(80)81)47(99)61-22(9-35(82)83)48(100)62-23(10-36(84)85)49(101)63-24(11-37(86)87)50(102)64-25(12-38(88)89)51(103)65-26(52(104)105)13-39(90)91/h14-26H,1-13,53H2,(H,54,92)(H,55,93)(H,56,94)(H,57,95)(H,58,96)(H,59,97)(H,60,98)(H,61,99)(H,62,100)(H,63,101)(H,64,102)(H,65,103)(H,66,67)(H,68,69)(H,70,71)(H,72,73)(H,74,75)(H,76,77)(H,78,79)(H,80,81)(H,82,83)(H,84,85)(H,86,87)(H,88,89)(H,90,91)(H,104,105)/t14-,15-,16-,17-,18-,19-,20-,21-,22-,23-,24-,25-,26-/m0/s1.